The van der Waals surface area contributed by atoms with Crippen LogP contribution in [0.3, 0.4) is 0 Å². The maximum Gasteiger partial charge on any atom is 0.253 e. The lowest BCUT2D eigenvalue weighted by Crippen LogP contribution is -2.38. The van der Waals surface area contributed by atoms with E-state index < -0.39 is 0 Å². The molecule has 0 atom stereocenters. The molecule has 0 bridgehead atoms. The summed E-state index contributed by atoms with van der Waals surface area (Å²) in [6.45, 7) is 0. The fourth-order valence-electron chi connectivity index (χ4n) is 3.09. The van der Waals surface area contributed by atoms with Crippen molar-refractivity contribution in [3.05, 3.63) is 48.2 Å². The molecule has 1 aliphatic carbocycles. The van der Waals surface area contributed by atoms with E-state index in [-0.39, 0.29) is 5.91 Å². The Morgan fingerprint density at radius 2 is 1.95 bits per heavy atom. The van der Waals surface area contributed by atoms with Gasteiger partial charge in [0.15, 0.2) is 0 Å². The Kier molecular flexibility index (Phi) is 4.09. The molecule has 0 unspecified atom stereocenters. The van der Waals surface area contributed by atoms with Crippen molar-refractivity contribution >= 4 is 5.91 Å². The molecule has 1 fully saturated rings. The monoisotopic (exact) mass is 283 g/mol. The maximum absolute atomic E-state index is 12.7. The number of rotatable bonds is 3. The Labute approximate surface area is 125 Å². The number of hydrogen-bond donors (Lipinski definition) is 0. The number of carbonyl (C=O) groups is 1. The lowest BCUT2D eigenvalue weighted by molar-refractivity contribution is 0.0696. The second-order valence-electron chi connectivity index (χ2n) is 5.77. The minimum Gasteiger partial charge on any atom is -0.464 e. The fourth-order valence-corrected chi connectivity index (χ4v) is 3.09. The highest BCUT2D eigenvalue weighted by Crippen LogP contribution is 2.25. The summed E-state index contributed by atoms with van der Waals surface area (Å²) >= 11 is 0. The predicted molar refractivity (Wildman–Crippen MR) is 83.1 cm³/mol. The molecule has 0 radical (unpaired) electrons. The van der Waals surface area contributed by atoms with Gasteiger partial charge in [0.25, 0.3) is 5.91 Å². The van der Waals surface area contributed by atoms with E-state index >= 15 is 0 Å². The van der Waals surface area contributed by atoms with Crippen LogP contribution in [0.5, 0.6) is 0 Å². The molecule has 1 aliphatic rings. The molecule has 21 heavy (non-hydrogen) atoms. The third-order valence-corrected chi connectivity index (χ3v) is 4.36. The molecule has 3 nitrogen and oxygen atoms in total. The zero-order valence-corrected chi connectivity index (χ0v) is 12.4. The Balaban J connectivity index is 1.79. The molecule has 1 aromatic carbocycles. The van der Waals surface area contributed by atoms with Gasteiger partial charge in [0.05, 0.1) is 6.26 Å². The zero-order valence-electron chi connectivity index (χ0n) is 12.4. The second kappa shape index (κ2) is 6.17. The Morgan fingerprint density at radius 1 is 1.14 bits per heavy atom. The molecule has 2 aromatic rings. The zero-order chi connectivity index (χ0) is 14.7. The van der Waals surface area contributed by atoms with Gasteiger partial charge in [0.1, 0.15) is 5.76 Å². The van der Waals surface area contributed by atoms with Gasteiger partial charge in [-0.1, -0.05) is 31.4 Å². The van der Waals surface area contributed by atoms with E-state index in [1.165, 1.54) is 19.3 Å². The minimum atomic E-state index is 0.107. The molecule has 0 saturated heterocycles. The number of benzene rings is 1. The molecule has 1 heterocycles. The van der Waals surface area contributed by atoms with Crippen molar-refractivity contribution in [1.29, 1.82) is 0 Å². The topological polar surface area (TPSA) is 33.5 Å². The lowest BCUT2D eigenvalue weighted by atomic mass is 9.94. The molecule has 0 aliphatic heterocycles. The van der Waals surface area contributed by atoms with Gasteiger partial charge >= 0.3 is 0 Å². The Morgan fingerprint density at radius 3 is 2.67 bits per heavy atom. The van der Waals surface area contributed by atoms with Crippen LogP contribution in [-0.4, -0.2) is 23.9 Å². The van der Waals surface area contributed by atoms with Crippen molar-refractivity contribution in [1.82, 2.24) is 4.90 Å². The van der Waals surface area contributed by atoms with Crippen molar-refractivity contribution in [2.45, 2.75) is 38.1 Å². The average Bonchev–Trinajstić information content (AvgIpc) is 3.09. The van der Waals surface area contributed by atoms with Crippen LogP contribution in [-0.2, 0) is 0 Å². The van der Waals surface area contributed by atoms with Crippen molar-refractivity contribution in [2.24, 2.45) is 0 Å². The van der Waals surface area contributed by atoms with Crippen LogP contribution in [0.1, 0.15) is 42.5 Å². The molecule has 1 saturated carbocycles. The van der Waals surface area contributed by atoms with Crippen molar-refractivity contribution < 1.29 is 9.21 Å². The molecule has 3 heteroatoms. The minimum absolute atomic E-state index is 0.107. The summed E-state index contributed by atoms with van der Waals surface area (Å²) < 4.78 is 5.41. The van der Waals surface area contributed by atoms with Crippen LogP contribution in [0.25, 0.3) is 11.3 Å². The van der Waals surface area contributed by atoms with Crippen molar-refractivity contribution in [3.63, 3.8) is 0 Å². The summed E-state index contributed by atoms with van der Waals surface area (Å²) in [5.74, 6) is 0.903. The Bertz CT molecular complexity index is 597. The predicted octanol–water partition coefficient (Wildman–Crippen LogP) is 4.35. The third kappa shape index (κ3) is 3.02. The molecule has 0 spiro atoms. The van der Waals surface area contributed by atoms with Gasteiger partial charge in [-0.2, -0.15) is 0 Å². The van der Waals surface area contributed by atoms with E-state index in [0.717, 1.165) is 29.7 Å². The average molecular weight is 283 g/mol. The quantitative estimate of drug-likeness (QED) is 0.839. The first-order valence-electron chi connectivity index (χ1n) is 7.67. The van der Waals surface area contributed by atoms with Crippen LogP contribution < -0.4 is 0 Å². The van der Waals surface area contributed by atoms with Crippen molar-refractivity contribution in [2.75, 3.05) is 7.05 Å². The first-order valence-corrected chi connectivity index (χ1v) is 7.67. The summed E-state index contributed by atoms with van der Waals surface area (Å²) in [5.41, 5.74) is 1.68. The van der Waals surface area contributed by atoms with Gasteiger partial charge < -0.3 is 9.32 Å². The summed E-state index contributed by atoms with van der Waals surface area (Å²) in [4.78, 5) is 14.6. The summed E-state index contributed by atoms with van der Waals surface area (Å²) in [5, 5.41) is 0. The van der Waals surface area contributed by atoms with Crippen LogP contribution >= 0.6 is 0 Å². The first kappa shape index (κ1) is 13.9. The van der Waals surface area contributed by atoms with Gasteiger partial charge in [0, 0.05) is 24.2 Å². The van der Waals surface area contributed by atoms with Gasteiger partial charge in [-0.3, -0.25) is 4.79 Å². The molecule has 110 valence electrons. The Hall–Kier alpha value is -2.03. The number of carbonyl (C=O) groups excluding carboxylic acids is 1. The van der Waals surface area contributed by atoms with Crippen LogP contribution in [0.4, 0.5) is 0 Å². The first-order chi connectivity index (χ1) is 10.3. The normalized spacial score (nSPS) is 15.9. The van der Waals surface area contributed by atoms with E-state index in [1.807, 2.05) is 48.3 Å². The summed E-state index contributed by atoms with van der Waals surface area (Å²) in [7, 11) is 1.93. The highest BCUT2D eigenvalue weighted by molar-refractivity contribution is 5.95. The number of amides is 1. The lowest BCUT2D eigenvalue weighted by Gasteiger charge is -2.31. The maximum atomic E-state index is 12.7. The molecule has 3 rings (SSSR count). The number of furan rings is 1. The second-order valence-corrected chi connectivity index (χ2v) is 5.77. The van der Waals surface area contributed by atoms with Crippen LogP contribution in [0, 0.1) is 0 Å². The van der Waals surface area contributed by atoms with Crippen molar-refractivity contribution in [3.8, 4) is 11.3 Å². The van der Waals surface area contributed by atoms with Gasteiger partial charge in [0.2, 0.25) is 0 Å². The largest absolute Gasteiger partial charge is 0.464 e. The van der Waals surface area contributed by atoms with Gasteiger partial charge in [-0.25, -0.2) is 0 Å². The molecule has 1 aromatic heterocycles. The summed E-state index contributed by atoms with van der Waals surface area (Å²) in [6.07, 6.45) is 7.66. The van der Waals surface area contributed by atoms with E-state index in [9.17, 15) is 4.79 Å². The van der Waals surface area contributed by atoms with Gasteiger partial charge in [-0.15, -0.1) is 0 Å². The van der Waals surface area contributed by atoms with E-state index in [4.69, 9.17) is 4.42 Å². The molecular weight excluding hydrogens is 262 g/mol. The fraction of sp³-hybridized carbons (Fsp3) is 0.389. The molecular formula is C18H21NO2. The van der Waals surface area contributed by atoms with Crippen LogP contribution in [0.15, 0.2) is 47.1 Å². The van der Waals surface area contributed by atoms with Gasteiger partial charge in [-0.05, 0) is 37.1 Å². The highest BCUT2D eigenvalue weighted by atomic mass is 16.3. The van der Waals surface area contributed by atoms with E-state index in [2.05, 4.69) is 0 Å². The third-order valence-electron chi connectivity index (χ3n) is 4.36. The van der Waals surface area contributed by atoms with E-state index in [0.29, 0.717) is 6.04 Å². The highest BCUT2D eigenvalue weighted by Gasteiger charge is 2.23. The summed E-state index contributed by atoms with van der Waals surface area (Å²) in [6, 6.07) is 11.8. The standard InChI is InChI=1S/C18H21NO2/c1-19(16-9-3-2-4-10-16)18(20)15-8-5-7-14(13-15)17-11-6-12-21-17/h5-8,11-13,16H,2-4,9-10H2,1H3. The molecule has 0 N–H and O–H groups in total. The number of hydrogen-bond acceptors (Lipinski definition) is 2. The SMILES string of the molecule is CN(C(=O)c1cccc(-c2ccco2)c1)C1CCCCC1. The molecule has 1 amide bonds. The smallest absolute Gasteiger partial charge is 0.253 e. The van der Waals surface area contributed by atoms with E-state index in [1.54, 1.807) is 6.26 Å². The van der Waals surface area contributed by atoms with Crippen LogP contribution in [0.2, 0.25) is 0 Å². The number of nitrogens with zero attached hydrogens (tertiary/aromatic N) is 1.